The molecule has 0 aliphatic rings. The van der Waals surface area contributed by atoms with Gasteiger partial charge in [0.15, 0.2) is 0 Å². The molecule has 0 aliphatic carbocycles. The molecule has 2 amide bonds. The van der Waals surface area contributed by atoms with Crippen molar-refractivity contribution in [2.75, 3.05) is 14.1 Å². The second kappa shape index (κ2) is 7.88. The Bertz CT molecular complexity index is 1070. The van der Waals surface area contributed by atoms with Crippen LogP contribution in [0.3, 0.4) is 0 Å². The van der Waals surface area contributed by atoms with Crippen molar-refractivity contribution >= 4 is 22.7 Å². The van der Waals surface area contributed by atoms with Crippen molar-refractivity contribution in [2.24, 2.45) is 0 Å². The van der Waals surface area contributed by atoms with Gasteiger partial charge in [0.05, 0.1) is 11.7 Å². The molecule has 1 unspecified atom stereocenters. The number of fused-ring (bicyclic) bond motifs is 1. The zero-order valence-electron chi connectivity index (χ0n) is 15.4. The molecule has 142 valence electrons. The molecule has 2 heterocycles. The van der Waals surface area contributed by atoms with Crippen LogP contribution in [-0.2, 0) is 11.2 Å². The molecule has 3 aromatic rings. The third-order valence-electron chi connectivity index (χ3n) is 4.26. The summed E-state index contributed by atoms with van der Waals surface area (Å²) >= 11 is 0. The fourth-order valence-corrected chi connectivity index (χ4v) is 2.82. The number of halogens is 1. The Morgan fingerprint density at radius 2 is 2.00 bits per heavy atom. The summed E-state index contributed by atoms with van der Waals surface area (Å²) in [6, 6.07) is 10.1. The standard InChI is InChI=1S/C20H18FN5O2/c1-26(2)20(28)17(7-12-3-5-14(21)6-4-12)25-19(27)16-9-13-8-15(10-22)23-11-18(13)24-16/h3-6,8-9,11,17,24H,7H2,1-2H3,(H,25,27). The quantitative estimate of drug-likeness (QED) is 0.708. The largest absolute Gasteiger partial charge is 0.349 e. The van der Waals surface area contributed by atoms with Gasteiger partial charge in [0.25, 0.3) is 5.91 Å². The average molecular weight is 379 g/mol. The van der Waals surface area contributed by atoms with Crippen LogP contribution in [0.15, 0.2) is 42.6 Å². The summed E-state index contributed by atoms with van der Waals surface area (Å²) in [7, 11) is 3.20. The second-order valence-electron chi connectivity index (χ2n) is 6.54. The lowest BCUT2D eigenvalue weighted by molar-refractivity contribution is -0.130. The molecule has 28 heavy (non-hydrogen) atoms. The molecule has 0 bridgehead atoms. The number of benzene rings is 1. The topological polar surface area (TPSA) is 102 Å². The number of hydrogen-bond acceptors (Lipinski definition) is 4. The summed E-state index contributed by atoms with van der Waals surface area (Å²) in [6.45, 7) is 0. The molecule has 0 aliphatic heterocycles. The number of aromatic nitrogens is 2. The summed E-state index contributed by atoms with van der Waals surface area (Å²) < 4.78 is 13.1. The Balaban J connectivity index is 1.83. The maximum Gasteiger partial charge on any atom is 0.268 e. The molecule has 0 spiro atoms. The maximum absolute atomic E-state index is 13.1. The number of nitrogens with zero attached hydrogens (tertiary/aromatic N) is 3. The number of likely N-dealkylation sites (N-methyl/N-ethyl adjacent to an activating group) is 1. The molecule has 8 heteroatoms. The van der Waals surface area contributed by atoms with Gasteiger partial charge < -0.3 is 15.2 Å². The highest BCUT2D eigenvalue weighted by atomic mass is 19.1. The molecule has 0 radical (unpaired) electrons. The monoisotopic (exact) mass is 379 g/mol. The number of amides is 2. The van der Waals surface area contributed by atoms with Gasteiger partial charge in [-0.15, -0.1) is 0 Å². The minimum Gasteiger partial charge on any atom is -0.349 e. The van der Waals surface area contributed by atoms with Crippen LogP contribution in [0, 0.1) is 17.1 Å². The zero-order valence-corrected chi connectivity index (χ0v) is 15.4. The number of nitrogens with one attached hydrogen (secondary N) is 2. The number of hydrogen-bond donors (Lipinski definition) is 2. The molecule has 1 atom stereocenters. The minimum atomic E-state index is -0.813. The Kier molecular flexibility index (Phi) is 5.36. The SMILES string of the molecule is CN(C)C(=O)C(Cc1ccc(F)cc1)NC(=O)c1cc2cc(C#N)ncc2[nH]1. The Hall–Kier alpha value is -3.73. The summed E-state index contributed by atoms with van der Waals surface area (Å²) in [5.41, 5.74) is 1.83. The number of carbonyl (C=O) groups excluding carboxylic acids is 2. The number of pyridine rings is 1. The van der Waals surface area contributed by atoms with Crippen LogP contribution in [0.4, 0.5) is 4.39 Å². The first-order valence-electron chi connectivity index (χ1n) is 8.52. The predicted octanol–water partition coefficient (Wildman–Crippen LogP) is 2.00. The van der Waals surface area contributed by atoms with E-state index in [-0.39, 0.29) is 29.5 Å². The molecule has 7 nitrogen and oxygen atoms in total. The van der Waals surface area contributed by atoms with E-state index in [2.05, 4.69) is 15.3 Å². The summed E-state index contributed by atoms with van der Waals surface area (Å²) in [5, 5.41) is 12.3. The van der Waals surface area contributed by atoms with Crippen molar-refractivity contribution in [3.8, 4) is 6.07 Å². The first-order chi connectivity index (χ1) is 13.4. The number of carbonyl (C=O) groups is 2. The Morgan fingerprint density at radius 3 is 2.64 bits per heavy atom. The molecule has 0 fully saturated rings. The third kappa shape index (κ3) is 4.15. The molecule has 2 N–H and O–H groups in total. The molecule has 0 saturated heterocycles. The number of H-pyrrole nitrogens is 1. The van der Waals surface area contributed by atoms with Gasteiger partial charge in [0.2, 0.25) is 5.91 Å². The van der Waals surface area contributed by atoms with Gasteiger partial charge >= 0.3 is 0 Å². The van der Waals surface area contributed by atoms with E-state index in [4.69, 9.17) is 5.26 Å². The lowest BCUT2D eigenvalue weighted by Crippen LogP contribution is -2.47. The van der Waals surface area contributed by atoms with Gasteiger partial charge in [-0.1, -0.05) is 12.1 Å². The highest BCUT2D eigenvalue weighted by molar-refractivity contribution is 6.00. The van der Waals surface area contributed by atoms with E-state index in [1.807, 2.05) is 6.07 Å². The Morgan fingerprint density at radius 1 is 1.29 bits per heavy atom. The van der Waals surface area contributed by atoms with E-state index in [9.17, 15) is 14.0 Å². The van der Waals surface area contributed by atoms with E-state index in [0.717, 1.165) is 5.56 Å². The molecule has 3 rings (SSSR count). The van der Waals surface area contributed by atoms with Gasteiger partial charge in [-0.05, 0) is 29.8 Å². The van der Waals surface area contributed by atoms with Gasteiger partial charge in [-0.25, -0.2) is 9.37 Å². The van der Waals surface area contributed by atoms with Crippen LogP contribution in [0.1, 0.15) is 21.7 Å². The van der Waals surface area contributed by atoms with Gasteiger partial charge in [-0.2, -0.15) is 5.26 Å². The summed E-state index contributed by atoms with van der Waals surface area (Å²) in [4.78, 5) is 33.5. The fourth-order valence-electron chi connectivity index (χ4n) is 2.82. The van der Waals surface area contributed by atoms with Crippen LogP contribution in [0.25, 0.3) is 10.9 Å². The van der Waals surface area contributed by atoms with Crippen LogP contribution >= 0.6 is 0 Å². The number of nitriles is 1. The molecule has 1 aromatic carbocycles. The summed E-state index contributed by atoms with van der Waals surface area (Å²) in [5.74, 6) is -1.11. The second-order valence-corrected chi connectivity index (χ2v) is 6.54. The van der Waals surface area contributed by atoms with E-state index < -0.39 is 11.9 Å². The van der Waals surface area contributed by atoms with E-state index in [0.29, 0.717) is 10.9 Å². The highest BCUT2D eigenvalue weighted by Gasteiger charge is 2.24. The zero-order chi connectivity index (χ0) is 20.3. The van der Waals surface area contributed by atoms with E-state index >= 15 is 0 Å². The van der Waals surface area contributed by atoms with Crippen molar-refractivity contribution < 1.29 is 14.0 Å². The fraction of sp³-hybridized carbons (Fsp3) is 0.200. The first-order valence-corrected chi connectivity index (χ1v) is 8.52. The first kappa shape index (κ1) is 19.0. The Labute approximate surface area is 160 Å². The lowest BCUT2D eigenvalue weighted by atomic mass is 10.0. The number of rotatable bonds is 5. The number of aromatic amines is 1. The summed E-state index contributed by atoms with van der Waals surface area (Å²) in [6.07, 6.45) is 1.70. The molecular weight excluding hydrogens is 361 g/mol. The minimum absolute atomic E-state index is 0.226. The van der Waals surface area contributed by atoms with Crippen molar-refractivity contribution in [3.05, 3.63) is 65.4 Å². The lowest BCUT2D eigenvalue weighted by Gasteiger charge is -2.21. The van der Waals surface area contributed by atoms with E-state index in [1.54, 1.807) is 38.4 Å². The van der Waals surface area contributed by atoms with Crippen molar-refractivity contribution in [1.29, 1.82) is 5.26 Å². The average Bonchev–Trinajstić information content (AvgIpc) is 3.11. The smallest absolute Gasteiger partial charge is 0.268 e. The molecule has 2 aromatic heterocycles. The predicted molar refractivity (Wildman–Crippen MR) is 101 cm³/mol. The van der Waals surface area contributed by atoms with Crippen LogP contribution in [-0.4, -0.2) is 46.8 Å². The van der Waals surface area contributed by atoms with Crippen LogP contribution in [0.5, 0.6) is 0 Å². The highest BCUT2D eigenvalue weighted by Crippen LogP contribution is 2.16. The third-order valence-corrected chi connectivity index (χ3v) is 4.26. The van der Waals surface area contributed by atoms with Crippen molar-refractivity contribution in [2.45, 2.75) is 12.5 Å². The maximum atomic E-state index is 13.1. The van der Waals surface area contributed by atoms with Crippen LogP contribution < -0.4 is 5.32 Å². The molecule has 0 saturated carbocycles. The molecular formula is C20H18FN5O2. The van der Waals surface area contributed by atoms with Crippen molar-refractivity contribution in [1.82, 2.24) is 20.2 Å². The van der Waals surface area contributed by atoms with Gasteiger partial charge in [0.1, 0.15) is 29.3 Å². The van der Waals surface area contributed by atoms with Crippen LogP contribution in [0.2, 0.25) is 0 Å². The van der Waals surface area contributed by atoms with Gasteiger partial charge in [-0.3, -0.25) is 9.59 Å². The van der Waals surface area contributed by atoms with Crippen molar-refractivity contribution in [3.63, 3.8) is 0 Å². The van der Waals surface area contributed by atoms with Gasteiger partial charge in [0, 0.05) is 25.9 Å². The normalized spacial score (nSPS) is 11.6. The van der Waals surface area contributed by atoms with E-state index in [1.165, 1.54) is 23.2 Å².